The first-order valence-corrected chi connectivity index (χ1v) is 11.7. The topological polar surface area (TPSA) is 108 Å². The van der Waals surface area contributed by atoms with Crippen molar-refractivity contribution >= 4 is 17.8 Å². The minimum atomic E-state index is -0.945. The highest BCUT2D eigenvalue weighted by Gasteiger charge is 2.36. The van der Waals surface area contributed by atoms with Crippen LogP contribution in [-0.4, -0.2) is 69.7 Å². The van der Waals surface area contributed by atoms with Crippen molar-refractivity contribution < 1.29 is 19.4 Å². The van der Waals surface area contributed by atoms with Crippen LogP contribution in [0.2, 0.25) is 0 Å². The number of pyridine rings is 2. The summed E-state index contributed by atoms with van der Waals surface area (Å²) in [6.45, 7) is 3.25. The summed E-state index contributed by atoms with van der Waals surface area (Å²) < 4.78 is 5.60. The number of carboxylic acids is 1. The van der Waals surface area contributed by atoms with Gasteiger partial charge in [-0.05, 0) is 48.9 Å². The minimum absolute atomic E-state index is 0.122. The summed E-state index contributed by atoms with van der Waals surface area (Å²) in [6, 6.07) is 5.39. The Hall–Kier alpha value is -3.36. The van der Waals surface area contributed by atoms with E-state index < -0.39 is 12.0 Å². The molecule has 0 spiro atoms. The highest BCUT2D eigenvalue weighted by Crippen LogP contribution is 2.33. The molecule has 5 rings (SSSR count). The van der Waals surface area contributed by atoms with Crippen molar-refractivity contribution in [3.63, 3.8) is 0 Å². The van der Waals surface area contributed by atoms with E-state index in [9.17, 15) is 14.7 Å². The second-order valence-electron chi connectivity index (χ2n) is 8.83. The van der Waals surface area contributed by atoms with Crippen molar-refractivity contribution in [3.05, 3.63) is 46.9 Å². The molecule has 9 heteroatoms. The normalized spacial score (nSPS) is 17.9. The summed E-state index contributed by atoms with van der Waals surface area (Å²) in [5.41, 5.74) is 3.89. The number of ether oxygens (including phenoxy) is 1. The van der Waals surface area contributed by atoms with Gasteiger partial charge in [0.15, 0.2) is 0 Å². The SMILES string of the molecule is O=C(O)C[C@H](c1cnc2c(c1)OCC2)N1CCN(CCCc2ccc3c(n2)NCCC3)C1=O. The number of amides is 2. The molecule has 0 radical (unpaired) electrons. The van der Waals surface area contributed by atoms with Crippen LogP contribution in [0.1, 0.15) is 47.8 Å². The highest BCUT2D eigenvalue weighted by molar-refractivity contribution is 5.78. The molecule has 5 heterocycles. The maximum atomic E-state index is 13.2. The van der Waals surface area contributed by atoms with E-state index in [1.165, 1.54) is 5.56 Å². The maximum Gasteiger partial charge on any atom is 0.320 e. The molecule has 0 saturated carbocycles. The first-order valence-electron chi connectivity index (χ1n) is 11.7. The van der Waals surface area contributed by atoms with E-state index in [2.05, 4.69) is 22.4 Å². The molecule has 2 N–H and O–H groups in total. The number of carboxylic acid groups (broad SMARTS) is 1. The van der Waals surface area contributed by atoms with Crippen LogP contribution >= 0.6 is 0 Å². The van der Waals surface area contributed by atoms with E-state index in [1.807, 2.05) is 11.0 Å². The van der Waals surface area contributed by atoms with Crippen LogP contribution in [0.4, 0.5) is 10.6 Å². The molecule has 0 aliphatic carbocycles. The number of urea groups is 1. The standard InChI is InChI=1S/C24H29N5O4/c30-22(31)14-20(17-13-21-19(26-15-17)7-12-33-21)29-11-10-28(24(29)32)9-2-4-18-6-5-16-3-1-8-25-23(16)27-18/h5-6,13,15,20H,1-4,7-12,14H2,(H,25,27)(H,30,31)/t20-/m1/s1. The van der Waals surface area contributed by atoms with Gasteiger partial charge in [-0.3, -0.25) is 9.78 Å². The summed E-state index contributed by atoms with van der Waals surface area (Å²) in [7, 11) is 0. The Morgan fingerprint density at radius 2 is 2.18 bits per heavy atom. The van der Waals surface area contributed by atoms with Crippen LogP contribution in [-0.2, 0) is 24.1 Å². The molecule has 0 unspecified atom stereocenters. The lowest BCUT2D eigenvalue weighted by Crippen LogP contribution is -2.36. The third-order valence-corrected chi connectivity index (χ3v) is 6.62. The average Bonchev–Trinajstić information content (AvgIpc) is 3.43. The van der Waals surface area contributed by atoms with Crippen molar-refractivity contribution in [2.75, 3.05) is 38.1 Å². The van der Waals surface area contributed by atoms with E-state index in [-0.39, 0.29) is 12.5 Å². The zero-order chi connectivity index (χ0) is 22.8. The first kappa shape index (κ1) is 21.5. The van der Waals surface area contributed by atoms with Crippen molar-refractivity contribution in [1.82, 2.24) is 19.8 Å². The summed E-state index contributed by atoms with van der Waals surface area (Å²) in [6.07, 6.45) is 6.09. The molecule has 0 bridgehead atoms. The minimum Gasteiger partial charge on any atom is -0.491 e. The van der Waals surface area contributed by atoms with Gasteiger partial charge in [-0.2, -0.15) is 0 Å². The van der Waals surface area contributed by atoms with Crippen LogP contribution in [0.3, 0.4) is 0 Å². The summed E-state index contributed by atoms with van der Waals surface area (Å²) in [5.74, 6) is 0.740. The van der Waals surface area contributed by atoms with Crippen molar-refractivity contribution in [1.29, 1.82) is 0 Å². The number of hydrogen-bond donors (Lipinski definition) is 2. The number of carbonyl (C=O) groups is 2. The second-order valence-corrected chi connectivity index (χ2v) is 8.83. The molecule has 1 saturated heterocycles. The Morgan fingerprint density at radius 3 is 3.06 bits per heavy atom. The number of anilines is 1. The Balaban J connectivity index is 1.22. The number of hydrogen-bond acceptors (Lipinski definition) is 6. The van der Waals surface area contributed by atoms with Crippen LogP contribution < -0.4 is 10.1 Å². The van der Waals surface area contributed by atoms with Gasteiger partial charge in [-0.25, -0.2) is 9.78 Å². The quantitative estimate of drug-likeness (QED) is 0.635. The van der Waals surface area contributed by atoms with Crippen LogP contribution in [0, 0.1) is 0 Å². The number of aryl methyl sites for hydroxylation is 2. The molecule has 1 atom stereocenters. The molecule has 3 aliphatic heterocycles. The van der Waals surface area contributed by atoms with Gasteiger partial charge in [0, 0.05) is 44.5 Å². The highest BCUT2D eigenvalue weighted by atomic mass is 16.5. The summed E-state index contributed by atoms with van der Waals surface area (Å²) in [4.78, 5) is 37.4. The zero-order valence-electron chi connectivity index (χ0n) is 18.6. The van der Waals surface area contributed by atoms with Gasteiger partial charge in [0.05, 0.1) is 24.8 Å². The third-order valence-electron chi connectivity index (χ3n) is 6.62. The Bertz CT molecular complexity index is 1060. The smallest absolute Gasteiger partial charge is 0.320 e. The zero-order valence-corrected chi connectivity index (χ0v) is 18.6. The van der Waals surface area contributed by atoms with Gasteiger partial charge in [0.1, 0.15) is 11.6 Å². The summed E-state index contributed by atoms with van der Waals surface area (Å²) >= 11 is 0. The van der Waals surface area contributed by atoms with Gasteiger partial charge < -0.3 is 25.0 Å². The van der Waals surface area contributed by atoms with Crippen LogP contribution in [0.15, 0.2) is 24.4 Å². The molecule has 0 aromatic carbocycles. The number of aromatic nitrogens is 2. The van der Waals surface area contributed by atoms with Crippen LogP contribution in [0.5, 0.6) is 5.75 Å². The van der Waals surface area contributed by atoms with E-state index in [0.717, 1.165) is 55.9 Å². The van der Waals surface area contributed by atoms with E-state index in [1.54, 1.807) is 11.1 Å². The maximum absolute atomic E-state index is 13.2. The van der Waals surface area contributed by atoms with Crippen molar-refractivity contribution in [3.8, 4) is 5.75 Å². The van der Waals surface area contributed by atoms with Gasteiger partial charge in [-0.1, -0.05) is 6.07 Å². The monoisotopic (exact) mass is 451 g/mol. The second kappa shape index (κ2) is 9.25. The average molecular weight is 452 g/mol. The van der Waals surface area contributed by atoms with E-state index in [4.69, 9.17) is 9.72 Å². The van der Waals surface area contributed by atoms with Crippen molar-refractivity contribution in [2.24, 2.45) is 0 Å². The third kappa shape index (κ3) is 4.58. The molecule has 9 nitrogen and oxygen atoms in total. The number of rotatable bonds is 8. The lowest BCUT2D eigenvalue weighted by Gasteiger charge is -2.27. The number of nitrogens with zero attached hydrogens (tertiary/aromatic N) is 4. The molecule has 2 amide bonds. The lowest BCUT2D eigenvalue weighted by molar-refractivity contribution is -0.138. The largest absolute Gasteiger partial charge is 0.491 e. The number of aliphatic carboxylic acids is 1. The molecule has 174 valence electrons. The molecule has 33 heavy (non-hydrogen) atoms. The number of carbonyl (C=O) groups excluding carboxylic acids is 1. The van der Waals surface area contributed by atoms with Crippen molar-refractivity contribution in [2.45, 2.75) is 44.6 Å². The fourth-order valence-corrected chi connectivity index (χ4v) is 4.87. The first-order chi connectivity index (χ1) is 16.1. The van der Waals surface area contributed by atoms with Gasteiger partial charge in [-0.15, -0.1) is 0 Å². The molecular weight excluding hydrogens is 422 g/mol. The van der Waals surface area contributed by atoms with Crippen LogP contribution in [0.25, 0.3) is 0 Å². The fraction of sp³-hybridized carbons (Fsp3) is 0.500. The molecule has 3 aliphatic rings. The van der Waals surface area contributed by atoms with E-state index in [0.29, 0.717) is 37.6 Å². The predicted octanol–water partition coefficient (Wildman–Crippen LogP) is 2.66. The lowest BCUT2D eigenvalue weighted by atomic mass is 10.0. The van der Waals surface area contributed by atoms with Gasteiger partial charge in [0.2, 0.25) is 0 Å². The number of fused-ring (bicyclic) bond motifs is 2. The predicted molar refractivity (Wildman–Crippen MR) is 121 cm³/mol. The Morgan fingerprint density at radius 1 is 1.27 bits per heavy atom. The molecule has 2 aromatic heterocycles. The Kier molecular flexibility index (Phi) is 6.02. The molecule has 2 aromatic rings. The molecule has 1 fully saturated rings. The fourth-order valence-electron chi connectivity index (χ4n) is 4.87. The van der Waals surface area contributed by atoms with E-state index >= 15 is 0 Å². The Labute approximate surface area is 192 Å². The number of nitrogens with one attached hydrogen (secondary N) is 1. The van der Waals surface area contributed by atoms with Gasteiger partial charge in [0.25, 0.3) is 0 Å². The molecular formula is C24H29N5O4. The summed E-state index contributed by atoms with van der Waals surface area (Å²) in [5, 5.41) is 12.8. The van der Waals surface area contributed by atoms with Gasteiger partial charge >= 0.3 is 12.0 Å².